The van der Waals surface area contributed by atoms with Gasteiger partial charge >= 0.3 is 0 Å². The van der Waals surface area contributed by atoms with Crippen LogP contribution in [0.3, 0.4) is 0 Å². The predicted octanol–water partition coefficient (Wildman–Crippen LogP) is 4.25. The topological polar surface area (TPSA) is 75.2 Å². The Labute approximate surface area is 180 Å². The van der Waals surface area contributed by atoms with Crippen LogP contribution in [0.2, 0.25) is 0 Å². The molecule has 0 aliphatic heterocycles. The number of amides is 2. The van der Waals surface area contributed by atoms with Crippen molar-refractivity contribution in [1.82, 2.24) is 19.8 Å². The van der Waals surface area contributed by atoms with Crippen LogP contribution in [-0.2, 0) is 4.79 Å². The van der Waals surface area contributed by atoms with Gasteiger partial charge in [-0.3, -0.25) is 9.59 Å². The van der Waals surface area contributed by atoms with E-state index in [1.54, 1.807) is 28.5 Å². The molecule has 8 heteroatoms. The Kier molecular flexibility index (Phi) is 6.72. The summed E-state index contributed by atoms with van der Waals surface area (Å²) in [6.45, 7) is 0. The minimum atomic E-state index is -1.02. The van der Waals surface area contributed by atoms with Gasteiger partial charge < -0.3 is 10.2 Å². The van der Waals surface area contributed by atoms with Crippen LogP contribution in [0.15, 0.2) is 29.6 Å². The summed E-state index contributed by atoms with van der Waals surface area (Å²) >= 11 is 1.09. The first-order valence-electron chi connectivity index (χ1n) is 10.8. The number of hydrogen-bond acceptors (Lipinski definition) is 5. The number of nitrogens with one attached hydrogen (secondary N) is 1. The molecule has 4 rings (SSSR count). The normalized spacial score (nSPS) is 18.8. The van der Waals surface area contributed by atoms with Gasteiger partial charge in [-0.15, -0.1) is 5.10 Å². The molecule has 2 amide bonds. The quantitative estimate of drug-likeness (QED) is 0.743. The van der Waals surface area contributed by atoms with Gasteiger partial charge in [0, 0.05) is 23.0 Å². The summed E-state index contributed by atoms with van der Waals surface area (Å²) in [4.78, 5) is 28.6. The fourth-order valence-corrected chi connectivity index (χ4v) is 5.14. The van der Waals surface area contributed by atoms with E-state index in [4.69, 9.17) is 0 Å². The van der Waals surface area contributed by atoms with Crippen LogP contribution in [0, 0.1) is 5.82 Å². The highest BCUT2D eigenvalue weighted by Gasteiger charge is 2.40. The second-order valence-corrected chi connectivity index (χ2v) is 8.82. The van der Waals surface area contributed by atoms with Gasteiger partial charge in [0.25, 0.3) is 5.91 Å². The number of nitrogens with zero attached hydrogens (tertiary/aromatic N) is 3. The highest BCUT2D eigenvalue weighted by atomic mass is 32.1. The molecule has 1 unspecified atom stereocenters. The molecule has 6 nitrogen and oxygen atoms in total. The summed E-state index contributed by atoms with van der Waals surface area (Å²) in [5.74, 6) is -1.14. The zero-order valence-corrected chi connectivity index (χ0v) is 17.7. The van der Waals surface area contributed by atoms with Gasteiger partial charge in [0.1, 0.15) is 11.9 Å². The van der Waals surface area contributed by atoms with Gasteiger partial charge in [0.05, 0.1) is 0 Å². The van der Waals surface area contributed by atoms with Crippen molar-refractivity contribution >= 4 is 23.3 Å². The SMILES string of the molecule is O=C(NC1CCCC1)C(c1ccccc1F)N(C(=O)c1csnn1)C1CCCCC1. The van der Waals surface area contributed by atoms with Gasteiger partial charge in [-0.05, 0) is 43.3 Å². The van der Waals surface area contributed by atoms with Crippen LogP contribution in [0.5, 0.6) is 0 Å². The van der Waals surface area contributed by atoms with Gasteiger partial charge in [0.15, 0.2) is 5.69 Å². The first kappa shape index (κ1) is 20.9. The molecular formula is C22H27FN4O2S. The highest BCUT2D eigenvalue weighted by Crippen LogP contribution is 2.34. The Morgan fingerprint density at radius 3 is 2.43 bits per heavy atom. The van der Waals surface area contributed by atoms with E-state index in [0.29, 0.717) is 0 Å². The van der Waals surface area contributed by atoms with E-state index < -0.39 is 11.9 Å². The van der Waals surface area contributed by atoms with Crippen LogP contribution in [0.25, 0.3) is 0 Å². The molecule has 160 valence electrons. The van der Waals surface area contributed by atoms with Crippen LogP contribution in [-0.4, -0.2) is 38.4 Å². The summed E-state index contributed by atoms with van der Waals surface area (Å²) < 4.78 is 18.7. The zero-order valence-electron chi connectivity index (χ0n) is 16.9. The summed E-state index contributed by atoms with van der Waals surface area (Å²) in [5, 5.41) is 8.63. The van der Waals surface area contributed by atoms with Gasteiger partial charge in [-0.2, -0.15) is 0 Å². The molecular weight excluding hydrogens is 403 g/mol. The molecule has 0 radical (unpaired) electrons. The number of aromatic nitrogens is 2. The Morgan fingerprint density at radius 1 is 1.07 bits per heavy atom. The maximum atomic E-state index is 14.9. The Bertz CT molecular complexity index is 864. The molecule has 0 spiro atoms. The van der Waals surface area contributed by atoms with E-state index in [2.05, 4.69) is 14.9 Å². The second kappa shape index (κ2) is 9.64. The van der Waals surface area contributed by atoms with Crippen LogP contribution >= 0.6 is 11.5 Å². The first-order valence-corrected chi connectivity index (χ1v) is 11.6. The van der Waals surface area contributed by atoms with E-state index in [-0.39, 0.29) is 35.2 Å². The predicted molar refractivity (Wildman–Crippen MR) is 112 cm³/mol. The Morgan fingerprint density at radius 2 is 1.77 bits per heavy atom. The van der Waals surface area contributed by atoms with Crippen molar-refractivity contribution in [3.05, 3.63) is 46.7 Å². The number of rotatable bonds is 6. The molecule has 0 bridgehead atoms. The average Bonchev–Trinajstić information content (AvgIpc) is 3.47. The van der Waals surface area contributed by atoms with Gasteiger partial charge in [0.2, 0.25) is 5.91 Å². The molecule has 1 aromatic heterocycles. The van der Waals surface area contributed by atoms with E-state index >= 15 is 0 Å². The molecule has 2 saturated carbocycles. The fraction of sp³-hybridized carbons (Fsp3) is 0.545. The Hall–Kier alpha value is -2.35. The fourth-order valence-electron chi connectivity index (χ4n) is 4.71. The number of halogens is 1. The molecule has 1 heterocycles. The number of hydrogen-bond donors (Lipinski definition) is 1. The van der Waals surface area contributed by atoms with Crippen LogP contribution < -0.4 is 5.32 Å². The Balaban J connectivity index is 1.74. The van der Waals surface area contributed by atoms with Crippen molar-refractivity contribution < 1.29 is 14.0 Å². The van der Waals surface area contributed by atoms with E-state index in [1.165, 1.54) is 6.07 Å². The van der Waals surface area contributed by atoms with Gasteiger partial charge in [-0.1, -0.05) is 54.8 Å². The minimum Gasteiger partial charge on any atom is -0.351 e. The maximum Gasteiger partial charge on any atom is 0.276 e. The van der Waals surface area contributed by atoms with Crippen molar-refractivity contribution in [2.75, 3.05) is 0 Å². The van der Waals surface area contributed by atoms with Crippen LogP contribution in [0.4, 0.5) is 4.39 Å². The summed E-state index contributed by atoms with van der Waals surface area (Å²) in [5.41, 5.74) is 0.440. The van der Waals surface area contributed by atoms with Crippen molar-refractivity contribution in [2.24, 2.45) is 0 Å². The molecule has 1 aromatic carbocycles. The molecule has 0 saturated heterocycles. The largest absolute Gasteiger partial charge is 0.351 e. The molecule has 2 aliphatic rings. The first-order chi connectivity index (χ1) is 14.6. The summed E-state index contributed by atoms with van der Waals surface area (Å²) in [6.07, 6.45) is 8.66. The van der Waals surface area contributed by atoms with Crippen molar-refractivity contribution in [3.63, 3.8) is 0 Å². The standard InChI is InChI=1S/C22H27FN4O2S/c23-18-13-7-6-12-17(18)20(21(28)24-15-8-4-5-9-15)27(16-10-2-1-3-11-16)22(29)19-14-30-26-25-19/h6-7,12-16,20H,1-5,8-11H2,(H,24,28). The minimum absolute atomic E-state index is 0.0796. The third kappa shape index (κ3) is 4.53. The molecule has 2 aliphatic carbocycles. The molecule has 2 aromatic rings. The van der Waals surface area contributed by atoms with Gasteiger partial charge in [-0.25, -0.2) is 4.39 Å². The average molecular weight is 431 g/mol. The lowest BCUT2D eigenvalue weighted by Gasteiger charge is -2.39. The lowest BCUT2D eigenvalue weighted by atomic mass is 9.91. The number of benzene rings is 1. The second-order valence-electron chi connectivity index (χ2n) is 8.21. The van der Waals surface area contributed by atoms with Crippen LogP contribution in [0.1, 0.15) is 79.9 Å². The summed E-state index contributed by atoms with van der Waals surface area (Å²) in [7, 11) is 0. The number of carbonyl (C=O) groups excluding carboxylic acids is 2. The third-order valence-electron chi connectivity index (χ3n) is 6.21. The molecule has 2 fully saturated rings. The molecule has 1 N–H and O–H groups in total. The molecule has 30 heavy (non-hydrogen) atoms. The van der Waals surface area contributed by atoms with Crippen molar-refractivity contribution in [1.29, 1.82) is 0 Å². The number of carbonyl (C=O) groups is 2. The third-order valence-corrected chi connectivity index (χ3v) is 6.71. The highest BCUT2D eigenvalue weighted by molar-refractivity contribution is 7.03. The van der Waals surface area contributed by atoms with Crippen molar-refractivity contribution in [2.45, 2.75) is 75.9 Å². The van der Waals surface area contributed by atoms with E-state index in [1.807, 2.05) is 0 Å². The smallest absolute Gasteiger partial charge is 0.276 e. The lowest BCUT2D eigenvalue weighted by molar-refractivity contribution is -0.127. The monoisotopic (exact) mass is 430 g/mol. The molecule has 1 atom stereocenters. The van der Waals surface area contributed by atoms with E-state index in [9.17, 15) is 14.0 Å². The maximum absolute atomic E-state index is 14.9. The van der Waals surface area contributed by atoms with Crippen molar-refractivity contribution in [3.8, 4) is 0 Å². The van der Waals surface area contributed by atoms with E-state index in [0.717, 1.165) is 69.3 Å². The lowest BCUT2D eigenvalue weighted by Crippen LogP contribution is -2.51. The summed E-state index contributed by atoms with van der Waals surface area (Å²) in [6, 6.07) is 5.19. The zero-order chi connectivity index (χ0) is 20.9.